The smallest absolute Gasteiger partial charge is 0.475 e. The molecule has 0 aromatic heterocycles. The molecule has 1 aliphatic carbocycles. The van der Waals surface area contributed by atoms with E-state index in [2.05, 4.69) is 0 Å². The molecular weight excluding hydrogens is 520 g/mol. The summed E-state index contributed by atoms with van der Waals surface area (Å²) in [6, 6.07) is 0. The number of ether oxygens (including phenoxy) is 1. The van der Waals surface area contributed by atoms with Gasteiger partial charge in [0.15, 0.2) is 0 Å². The van der Waals surface area contributed by atoms with Crippen LogP contribution in [0.25, 0.3) is 0 Å². The minimum absolute atomic E-state index is 0.280. The lowest BCUT2D eigenvalue weighted by molar-refractivity contribution is -0.193. The van der Waals surface area contributed by atoms with Gasteiger partial charge in [-0.1, -0.05) is 19.3 Å². The lowest BCUT2D eigenvalue weighted by Crippen LogP contribution is -2.46. The Morgan fingerprint density at radius 1 is 0.703 bits per heavy atom. The summed E-state index contributed by atoms with van der Waals surface area (Å²) >= 11 is 0. The zero-order valence-corrected chi connectivity index (χ0v) is 21.5. The summed E-state index contributed by atoms with van der Waals surface area (Å²) in [6.07, 6.45) is -3.45. The first-order valence-electron chi connectivity index (χ1n) is 11.3. The van der Waals surface area contributed by atoms with Gasteiger partial charge in [0.1, 0.15) is 5.60 Å². The van der Waals surface area contributed by atoms with Crippen LogP contribution in [0, 0.1) is 0 Å². The van der Waals surface area contributed by atoms with Crippen molar-refractivity contribution in [2.45, 2.75) is 109 Å². The fourth-order valence-corrected chi connectivity index (χ4v) is 2.81. The van der Waals surface area contributed by atoms with Crippen LogP contribution in [0.2, 0.25) is 0 Å². The molecular formula is C22H37F6NO8. The molecule has 1 aliphatic heterocycles. The highest BCUT2D eigenvalue weighted by molar-refractivity contribution is 5.73. The summed E-state index contributed by atoms with van der Waals surface area (Å²) in [5.74, 6) is -5.51. The third-order valence-corrected chi connectivity index (χ3v) is 4.91. The van der Waals surface area contributed by atoms with Crippen LogP contribution in [0.5, 0.6) is 0 Å². The molecule has 0 aromatic rings. The van der Waals surface area contributed by atoms with Gasteiger partial charge in [-0.25, -0.2) is 14.4 Å². The lowest BCUT2D eigenvalue weighted by Gasteiger charge is -2.36. The molecule has 0 radical (unpaired) electrons. The standard InChI is InChI=1S/C11H21NO3.C7H14O.2C2HF3O2/c1-10(2,3)15-9(13)12-7-5-11(4,14)6-8-12;1-7(8)5-3-2-4-6-7;2*3-2(4,5)1(6)7/h14H,5-8H2,1-4H3;8H,2-6H2,1H3;2*(H,6,7). The van der Waals surface area contributed by atoms with Crippen molar-refractivity contribution < 1.29 is 65.9 Å². The normalized spacial score (nSPS) is 18.9. The Bertz CT molecular complexity index is 688. The highest BCUT2D eigenvalue weighted by Crippen LogP contribution is 2.26. The minimum Gasteiger partial charge on any atom is -0.475 e. The van der Waals surface area contributed by atoms with E-state index >= 15 is 0 Å². The Hall–Kier alpha value is -2.29. The molecule has 1 saturated carbocycles. The van der Waals surface area contributed by atoms with E-state index < -0.39 is 35.5 Å². The van der Waals surface area contributed by atoms with Crippen molar-refractivity contribution in [1.82, 2.24) is 4.90 Å². The van der Waals surface area contributed by atoms with Crippen LogP contribution in [-0.2, 0) is 14.3 Å². The largest absolute Gasteiger partial charge is 0.490 e. The van der Waals surface area contributed by atoms with Crippen molar-refractivity contribution in [2.24, 2.45) is 0 Å². The van der Waals surface area contributed by atoms with E-state index in [4.69, 9.17) is 24.5 Å². The summed E-state index contributed by atoms with van der Waals surface area (Å²) in [7, 11) is 0. The van der Waals surface area contributed by atoms with E-state index in [1.807, 2.05) is 27.7 Å². The first-order chi connectivity index (χ1) is 16.3. The number of halogens is 6. The average Bonchev–Trinajstić information content (AvgIpc) is 2.66. The second-order valence-corrected chi connectivity index (χ2v) is 10.1. The molecule has 0 aromatic carbocycles. The fourth-order valence-electron chi connectivity index (χ4n) is 2.81. The van der Waals surface area contributed by atoms with Crippen LogP contribution in [0.15, 0.2) is 0 Å². The number of carbonyl (C=O) groups is 3. The van der Waals surface area contributed by atoms with Gasteiger partial charge < -0.3 is 30.1 Å². The quantitative estimate of drug-likeness (QED) is 0.313. The Morgan fingerprint density at radius 3 is 1.22 bits per heavy atom. The molecule has 1 heterocycles. The summed E-state index contributed by atoms with van der Waals surface area (Å²) < 4.78 is 68.7. The molecule has 37 heavy (non-hydrogen) atoms. The molecule has 0 unspecified atom stereocenters. The number of likely N-dealkylation sites (tertiary alicyclic amines) is 1. The molecule has 9 nitrogen and oxygen atoms in total. The second kappa shape index (κ2) is 14.6. The van der Waals surface area contributed by atoms with Gasteiger partial charge in [-0.2, -0.15) is 26.3 Å². The number of carbonyl (C=O) groups excluding carboxylic acids is 1. The van der Waals surface area contributed by atoms with E-state index in [9.17, 15) is 41.4 Å². The maximum Gasteiger partial charge on any atom is 0.490 e. The third kappa shape index (κ3) is 20.5. The molecule has 0 atom stereocenters. The van der Waals surface area contributed by atoms with Crippen LogP contribution in [0.4, 0.5) is 31.1 Å². The topological polar surface area (TPSA) is 145 Å². The van der Waals surface area contributed by atoms with Crippen LogP contribution >= 0.6 is 0 Å². The van der Waals surface area contributed by atoms with E-state index in [1.54, 1.807) is 11.8 Å². The number of amides is 1. The number of rotatable bonds is 0. The van der Waals surface area contributed by atoms with Crippen molar-refractivity contribution >= 4 is 18.0 Å². The van der Waals surface area contributed by atoms with Crippen LogP contribution in [-0.4, -0.2) is 85.6 Å². The molecule has 4 N–H and O–H groups in total. The zero-order chi connectivity index (χ0) is 29.9. The van der Waals surface area contributed by atoms with Crippen molar-refractivity contribution in [3.05, 3.63) is 0 Å². The Balaban J connectivity index is 0. The van der Waals surface area contributed by atoms with Gasteiger partial charge in [0.2, 0.25) is 0 Å². The first kappa shape index (κ1) is 36.9. The minimum atomic E-state index is -5.08. The van der Waals surface area contributed by atoms with Crippen molar-refractivity contribution in [3.8, 4) is 0 Å². The fraction of sp³-hybridized carbons (Fsp3) is 0.864. The average molecular weight is 558 g/mol. The number of alkyl halides is 6. The number of aliphatic carboxylic acids is 2. The molecule has 2 rings (SSSR count). The number of piperidine rings is 1. The maximum atomic E-state index is 11.6. The Morgan fingerprint density at radius 2 is 1.00 bits per heavy atom. The second-order valence-electron chi connectivity index (χ2n) is 10.1. The van der Waals surface area contributed by atoms with Crippen LogP contribution < -0.4 is 0 Å². The van der Waals surface area contributed by atoms with E-state index in [0.29, 0.717) is 25.9 Å². The summed E-state index contributed by atoms with van der Waals surface area (Å²) in [4.78, 5) is 31.1. The van der Waals surface area contributed by atoms with Crippen molar-refractivity contribution in [2.75, 3.05) is 13.1 Å². The molecule has 2 aliphatic rings. The first-order valence-corrected chi connectivity index (χ1v) is 11.3. The van der Waals surface area contributed by atoms with Gasteiger partial charge in [-0.05, 0) is 60.3 Å². The van der Waals surface area contributed by atoms with Gasteiger partial charge in [-0.15, -0.1) is 0 Å². The molecule has 0 bridgehead atoms. The summed E-state index contributed by atoms with van der Waals surface area (Å²) in [5.41, 5.74) is -1.40. The SMILES string of the molecule is CC1(O)CCCCC1.CC1(O)CCN(C(=O)OC(C)(C)C)CC1.O=C(O)C(F)(F)F.O=C(O)C(F)(F)F. The number of hydrogen-bond acceptors (Lipinski definition) is 6. The molecule has 1 amide bonds. The highest BCUT2D eigenvalue weighted by Gasteiger charge is 2.39. The van der Waals surface area contributed by atoms with Crippen molar-refractivity contribution in [3.63, 3.8) is 0 Å². The van der Waals surface area contributed by atoms with Gasteiger partial charge in [0, 0.05) is 13.1 Å². The Kier molecular flexibility index (Phi) is 14.5. The predicted molar refractivity (Wildman–Crippen MR) is 119 cm³/mol. The highest BCUT2D eigenvalue weighted by atomic mass is 19.4. The number of aliphatic hydroxyl groups is 2. The van der Waals surface area contributed by atoms with Gasteiger partial charge in [-0.3, -0.25) is 0 Å². The van der Waals surface area contributed by atoms with Gasteiger partial charge in [0.25, 0.3) is 0 Å². The molecule has 220 valence electrons. The number of hydrogen-bond donors (Lipinski definition) is 4. The monoisotopic (exact) mass is 557 g/mol. The van der Waals surface area contributed by atoms with Gasteiger partial charge in [0.05, 0.1) is 11.2 Å². The predicted octanol–water partition coefficient (Wildman–Crippen LogP) is 4.74. The van der Waals surface area contributed by atoms with E-state index in [-0.39, 0.29) is 11.7 Å². The molecule has 2 fully saturated rings. The van der Waals surface area contributed by atoms with E-state index in [0.717, 1.165) is 12.8 Å². The molecule has 1 saturated heterocycles. The van der Waals surface area contributed by atoms with Gasteiger partial charge >= 0.3 is 30.4 Å². The Labute approximate surface area is 211 Å². The lowest BCUT2D eigenvalue weighted by atomic mass is 9.87. The molecule has 0 spiro atoms. The number of carboxylic acid groups (broad SMARTS) is 2. The van der Waals surface area contributed by atoms with Crippen molar-refractivity contribution in [1.29, 1.82) is 0 Å². The van der Waals surface area contributed by atoms with E-state index in [1.165, 1.54) is 19.3 Å². The van der Waals surface area contributed by atoms with Crippen LogP contribution in [0.1, 0.15) is 79.6 Å². The third-order valence-electron chi connectivity index (χ3n) is 4.91. The number of carboxylic acids is 2. The summed E-state index contributed by atoms with van der Waals surface area (Å²) in [6.45, 7) is 10.4. The summed E-state index contributed by atoms with van der Waals surface area (Å²) in [5, 5.41) is 33.4. The zero-order valence-electron chi connectivity index (χ0n) is 21.5. The molecule has 15 heteroatoms. The maximum absolute atomic E-state index is 11.6. The van der Waals surface area contributed by atoms with Crippen LogP contribution in [0.3, 0.4) is 0 Å². The number of nitrogens with zero attached hydrogens (tertiary/aromatic N) is 1.